The summed E-state index contributed by atoms with van der Waals surface area (Å²) in [7, 11) is 0. The second-order valence-electron chi connectivity index (χ2n) is 5.40. The molecule has 18 heavy (non-hydrogen) atoms. The predicted octanol–water partition coefficient (Wildman–Crippen LogP) is 5.18. The molecule has 0 radical (unpaired) electrons. The molecule has 0 aliphatic heterocycles. The lowest BCUT2D eigenvalue weighted by atomic mass is 9.83. The number of halogens is 1. The van der Waals surface area contributed by atoms with Gasteiger partial charge in [-0.15, -0.1) is 11.6 Å². The van der Waals surface area contributed by atoms with Gasteiger partial charge in [0.15, 0.2) is 0 Å². The molecule has 94 valence electrons. The third-order valence-electron chi connectivity index (χ3n) is 4.18. The van der Waals surface area contributed by atoms with Gasteiger partial charge in [-0.25, -0.2) is 0 Å². The second-order valence-corrected chi connectivity index (χ2v) is 5.96. The van der Waals surface area contributed by atoms with Crippen molar-refractivity contribution in [3.05, 3.63) is 48.0 Å². The Balaban J connectivity index is 1.90. The Bertz CT molecular complexity index is 527. The van der Waals surface area contributed by atoms with Crippen molar-refractivity contribution < 1.29 is 0 Å². The Labute approximate surface area is 114 Å². The van der Waals surface area contributed by atoms with Gasteiger partial charge in [-0.3, -0.25) is 0 Å². The van der Waals surface area contributed by atoms with Gasteiger partial charge in [0.05, 0.1) is 0 Å². The maximum Gasteiger partial charge on any atom is 0.0367 e. The fourth-order valence-electron chi connectivity index (χ4n) is 3.15. The van der Waals surface area contributed by atoms with Crippen LogP contribution in [0, 0.1) is 5.92 Å². The first-order chi connectivity index (χ1) is 8.84. The van der Waals surface area contributed by atoms with E-state index in [4.69, 9.17) is 11.6 Å². The fraction of sp³-hybridized carbons (Fsp3) is 0.412. The first-order valence-corrected chi connectivity index (χ1v) is 7.39. The summed E-state index contributed by atoms with van der Waals surface area (Å²) in [6, 6.07) is 15.3. The van der Waals surface area contributed by atoms with Crippen molar-refractivity contribution in [2.75, 3.05) is 0 Å². The Morgan fingerprint density at radius 3 is 2.61 bits per heavy atom. The maximum atomic E-state index is 6.48. The smallest absolute Gasteiger partial charge is 0.0367 e. The largest absolute Gasteiger partial charge is 0.123 e. The second kappa shape index (κ2) is 5.32. The monoisotopic (exact) mass is 258 g/mol. The summed E-state index contributed by atoms with van der Waals surface area (Å²) in [4.78, 5) is 0. The Morgan fingerprint density at radius 2 is 1.72 bits per heavy atom. The summed E-state index contributed by atoms with van der Waals surface area (Å²) in [5.74, 6) is 0.659. The first kappa shape index (κ1) is 12.0. The van der Waals surface area contributed by atoms with Gasteiger partial charge in [-0.2, -0.15) is 0 Å². The molecule has 2 unspecified atom stereocenters. The van der Waals surface area contributed by atoms with E-state index in [0.717, 1.165) is 6.42 Å². The van der Waals surface area contributed by atoms with Gasteiger partial charge < -0.3 is 0 Å². The van der Waals surface area contributed by atoms with E-state index in [1.54, 1.807) is 0 Å². The average molecular weight is 259 g/mol. The minimum Gasteiger partial charge on any atom is -0.123 e. The third kappa shape index (κ3) is 2.40. The molecule has 0 bridgehead atoms. The number of alkyl halides is 1. The molecule has 0 N–H and O–H groups in total. The van der Waals surface area contributed by atoms with E-state index in [9.17, 15) is 0 Å². The van der Waals surface area contributed by atoms with Gasteiger partial charge in [0.1, 0.15) is 0 Å². The van der Waals surface area contributed by atoms with E-state index in [0.29, 0.717) is 11.3 Å². The molecule has 0 amide bonds. The molecule has 1 aliphatic rings. The van der Waals surface area contributed by atoms with Crippen LogP contribution in [0.4, 0.5) is 0 Å². The molecule has 0 aromatic heterocycles. The van der Waals surface area contributed by atoms with Gasteiger partial charge >= 0.3 is 0 Å². The highest BCUT2D eigenvalue weighted by Crippen LogP contribution is 2.32. The quantitative estimate of drug-likeness (QED) is 0.651. The summed E-state index contributed by atoms with van der Waals surface area (Å²) < 4.78 is 0. The van der Waals surface area contributed by atoms with Crippen molar-refractivity contribution in [1.29, 1.82) is 0 Å². The maximum absolute atomic E-state index is 6.48. The van der Waals surface area contributed by atoms with Crippen molar-refractivity contribution in [1.82, 2.24) is 0 Å². The molecule has 2 aromatic rings. The molecular formula is C17H19Cl. The van der Waals surface area contributed by atoms with Crippen LogP contribution in [0.5, 0.6) is 0 Å². The summed E-state index contributed by atoms with van der Waals surface area (Å²) in [6.07, 6.45) is 6.27. The fourth-order valence-corrected chi connectivity index (χ4v) is 3.51. The molecule has 2 aromatic carbocycles. The van der Waals surface area contributed by atoms with Crippen LogP contribution in [0.3, 0.4) is 0 Å². The zero-order valence-electron chi connectivity index (χ0n) is 10.6. The predicted molar refractivity (Wildman–Crippen MR) is 79.3 cm³/mol. The Kier molecular flexibility index (Phi) is 3.56. The minimum absolute atomic E-state index is 0.373. The van der Waals surface area contributed by atoms with Crippen LogP contribution in [-0.2, 0) is 6.42 Å². The van der Waals surface area contributed by atoms with Crippen LogP contribution in [-0.4, -0.2) is 5.38 Å². The number of hydrogen-bond donors (Lipinski definition) is 0. The van der Waals surface area contributed by atoms with Gasteiger partial charge in [0.2, 0.25) is 0 Å². The normalized spacial score (nSPS) is 24.3. The molecule has 0 heterocycles. The van der Waals surface area contributed by atoms with E-state index >= 15 is 0 Å². The third-order valence-corrected chi connectivity index (χ3v) is 4.75. The van der Waals surface area contributed by atoms with Crippen LogP contribution in [0.1, 0.15) is 31.2 Å². The average Bonchev–Trinajstić information content (AvgIpc) is 2.42. The molecule has 0 spiro atoms. The van der Waals surface area contributed by atoms with E-state index in [2.05, 4.69) is 42.5 Å². The van der Waals surface area contributed by atoms with E-state index in [1.807, 2.05) is 0 Å². The number of hydrogen-bond acceptors (Lipinski definition) is 0. The SMILES string of the molecule is ClC1CCCCC1Cc1cccc2ccccc12. The van der Waals surface area contributed by atoms with E-state index < -0.39 is 0 Å². The number of rotatable bonds is 2. The molecule has 0 saturated heterocycles. The summed E-state index contributed by atoms with van der Waals surface area (Å²) in [5, 5.41) is 3.11. The first-order valence-electron chi connectivity index (χ1n) is 6.95. The molecule has 1 heteroatoms. The Hall–Kier alpha value is -1.01. The van der Waals surface area contributed by atoms with Crippen LogP contribution in [0.15, 0.2) is 42.5 Å². The van der Waals surface area contributed by atoms with Crippen LogP contribution in [0.2, 0.25) is 0 Å². The van der Waals surface area contributed by atoms with E-state index in [1.165, 1.54) is 42.0 Å². The molecule has 1 aliphatic carbocycles. The number of benzene rings is 2. The highest BCUT2D eigenvalue weighted by atomic mass is 35.5. The molecular weight excluding hydrogens is 240 g/mol. The van der Waals surface area contributed by atoms with Gasteiger partial charge in [-0.1, -0.05) is 55.3 Å². The lowest BCUT2D eigenvalue weighted by Crippen LogP contribution is -2.21. The van der Waals surface area contributed by atoms with Crippen LogP contribution in [0.25, 0.3) is 10.8 Å². The minimum atomic E-state index is 0.373. The van der Waals surface area contributed by atoms with Crippen LogP contribution < -0.4 is 0 Å². The van der Waals surface area contributed by atoms with Crippen molar-refractivity contribution in [2.24, 2.45) is 5.92 Å². The zero-order chi connectivity index (χ0) is 12.4. The molecule has 3 rings (SSSR count). The topological polar surface area (TPSA) is 0 Å². The van der Waals surface area contributed by atoms with Crippen molar-refractivity contribution in [3.8, 4) is 0 Å². The summed E-state index contributed by atoms with van der Waals surface area (Å²) in [6.45, 7) is 0. The van der Waals surface area contributed by atoms with Gasteiger partial charge in [0, 0.05) is 5.38 Å². The highest BCUT2D eigenvalue weighted by Gasteiger charge is 2.23. The molecule has 1 saturated carbocycles. The summed E-state index contributed by atoms with van der Waals surface area (Å²) in [5.41, 5.74) is 1.46. The molecule has 2 atom stereocenters. The van der Waals surface area contributed by atoms with Crippen LogP contribution >= 0.6 is 11.6 Å². The van der Waals surface area contributed by atoms with Crippen molar-refractivity contribution >= 4 is 22.4 Å². The highest BCUT2D eigenvalue weighted by molar-refractivity contribution is 6.20. The standard InChI is InChI=1S/C17H19Cl/c18-17-11-4-2-7-15(17)12-14-9-5-8-13-6-1-3-10-16(13)14/h1,3,5-6,8-10,15,17H,2,4,7,11-12H2. The lowest BCUT2D eigenvalue weighted by molar-refractivity contribution is 0.364. The summed E-state index contributed by atoms with van der Waals surface area (Å²) >= 11 is 6.48. The van der Waals surface area contributed by atoms with Gasteiger partial charge in [0.25, 0.3) is 0 Å². The van der Waals surface area contributed by atoms with Gasteiger partial charge in [-0.05, 0) is 41.5 Å². The molecule has 1 fully saturated rings. The number of fused-ring (bicyclic) bond motifs is 1. The van der Waals surface area contributed by atoms with Crippen molar-refractivity contribution in [2.45, 2.75) is 37.5 Å². The zero-order valence-corrected chi connectivity index (χ0v) is 11.4. The van der Waals surface area contributed by atoms with E-state index in [-0.39, 0.29) is 0 Å². The molecule has 0 nitrogen and oxygen atoms in total. The Morgan fingerprint density at radius 1 is 0.944 bits per heavy atom. The lowest BCUT2D eigenvalue weighted by Gasteiger charge is -2.27. The van der Waals surface area contributed by atoms with Crippen molar-refractivity contribution in [3.63, 3.8) is 0 Å².